The molecular formula is C18H23O7. The van der Waals surface area contributed by atoms with E-state index in [1.807, 2.05) is 27.7 Å². The molecule has 5 atom stereocenters. The van der Waals surface area contributed by atoms with Crippen LogP contribution in [0.5, 0.6) is 0 Å². The number of carbonyl (C=O) groups excluding carboxylic acids is 1. The minimum absolute atomic E-state index is 0.0532. The summed E-state index contributed by atoms with van der Waals surface area (Å²) in [5.74, 6) is -1.42. The van der Waals surface area contributed by atoms with E-state index in [0.717, 1.165) is 0 Å². The van der Waals surface area contributed by atoms with Crippen molar-refractivity contribution in [3.8, 4) is 0 Å². The molecule has 4 fully saturated rings. The van der Waals surface area contributed by atoms with E-state index in [9.17, 15) is 4.79 Å². The Morgan fingerprint density at radius 1 is 0.960 bits per heavy atom. The van der Waals surface area contributed by atoms with Gasteiger partial charge in [0.05, 0.1) is 5.92 Å². The summed E-state index contributed by atoms with van der Waals surface area (Å²) in [6.45, 7) is 7.39. The zero-order chi connectivity index (χ0) is 17.8. The van der Waals surface area contributed by atoms with Crippen LogP contribution in [-0.4, -0.2) is 54.9 Å². The normalized spacial score (nSPS) is 42.2. The van der Waals surface area contributed by atoms with Crippen LogP contribution in [0.3, 0.4) is 0 Å². The summed E-state index contributed by atoms with van der Waals surface area (Å²) >= 11 is 0. The minimum Gasteiger partial charge on any atom is -0.462 e. The fraction of sp³-hybridized carbons (Fsp3) is 0.667. The minimum atomic E-state index is -0.767. The lowest BCUT2D eigenvalue weighted by molar-refractivity contribution is -0.242. The highest BCUT2D eigenvalue weighted by molar-refractivity contribution is 5.91. The highest BCUT2D eigenvalue weighted by atomic mass is 16.9. The maximum Gasteiger partial charge on any atom is 0.313 e. The number of hydrogen-bond donors (Lipinski definition) is 0. The quantitative estimate of drug-likeness (QED) is 0.710. The third-order valence-corrected chi connectivity index (χ3v) is 4.53. The Morgan fingerprint density at radius 3 is 2.28 bits per heavy atom. The molecular weight excluding hydrogens is 328 g/mol. The molecule has 4 aliphatic rings. The van der Waals surface area contributed by atoms with E-state index in [1.165, 1.54) is 0 Å². The molecule has 25 heavy (non-hydrogen) atoms. The van der Waals surface area contributed by atoms with Gasteiger partial charge in [-0.15, -0.1) is 0 Å². The smallest absolute Gasteiger partial charge is 0.313 e. The van der Waals surface area contributed by atoms with Crippen LogP contribution in [-0.2, 0) is 33.2 Å². The van der Waals surface area contributed by atoms with Crippen LogP contribution in [0.1, 0.15) is 27.7 Å². The molecule has 7 heteroatoms. The van der Waals surface area contributed by atoms with Crippen molar-refractivity contribution < 1.29 is 33.2 Å². The molecule has 0 bridgehead atoms. The van der Waals surface area contributed by atoms with Gasteiger partial charge in [0.2, 0.25) is 0 Å². The molecule has 0 aromatic heterocycles. The molecule has 3 saturated heterocycles. The van der Waals surface area contributed by atoms with Gasteiger partial charge >= 0.3 is 5.97 Å². The molecule has 0 unspecified atom stereocenters. The lowest BCUT2D eigenvalue weighted by Gasteiger charge is -2.37. The summed E-state index contributed by atoms with van der Waals surface area (Å²) in [6, 6.07) is 0. The van der Waals surface area contributed by atoms with Crippen molar-refractivity contribution in [3.63, 3.8) is 0 Å². The van der Waals surface area contributed by atoms with E-state index in [2.05, 4.69) is 0 Å². The van der Waals surface area contributed by atoms with Gasteiger partial charge in [0.15, 0.2) is 17.9 Å². The fourth-order valence-corrected chi connectivity index (χ4v) is 3.58. The fourth-order valence-electron chi connectivity index (χ4n) is 3.58. The van der Waals surface area contributed by atoms with Crippen LogP contribution in [0.2, 0.25) is 0 Å². The third kappa shape index (κ3) is 3.45. The molecule has 0 N–H and O–H groups in total. The van der Waals surface area contributed by atoms with Crippen molar-refractivity contribution in [1.29, 1.82) is 0 Å². The Kier molecular flexibility index (Phi) is 4.36. The Balaban J connectivity index is 1.45. The second-order valence-electron chi connectivity index (χ2n) is 7.48. The molecule has 0 spiro atoms. The average Bonchev–Trinajstić information content (AvgIpc) is 3.19. The molecule has 3 heterocycles. The molecule has 4 rings (SSSR count). The summed E-state index contributed by atoms with van der Waals surface area (Å²) in [5, 5.41) is 0. The third-order valence-electron chi connectivity index (χ3n) is 4.53. The van der Waals surface area contributed by atoms with Gasteiger partial charge in [-0.1, -0.05) is 0 Å². The topological polar surface area (TPSA) is 72.5 Å². The van der Waals surface area contributed by atoms with Crippen molar-refractivity contribution in [3.05, 3.63) is 31.6 Å². The molecule has 0 amide bonds. The van der Waals surface area contributed by atoms with Gasteiger partial charge in [0.1, 0.15) is 31.0 Å². The molecule has 7 nitrogen and oxygen atoms in total. The van der Waals surface area contributed by atoms with Crippen molar-refractivity contribution in [2.45, 2.75) is 70.0 Å². The Hall–Kier alpha value is -0.730. The molecule has 3 aliphatic heterocycles. The number of rotatable bonds is 3. The lowest BCUT2D eigenvalue weighted by atomic mass is 9.99. The summed E-state index contributed by atoms with van der Waals surface area (Å²) in [5.41, 5.74) is 0. The summed E-state index contributed by atoms with van der Waals surface area (Å²) in [4.78, 5) is 12.1. The first-order chi connectivity index (χ1) is 11.7. The number of carbonyl (C=O) groups is 1. The summed E-state index contributed by atoms with van der Waals surface area (Å²) < 4.78 is 35.2. The molecule has 137 valence electrons. The molecule has 1 saturated carbocycles. The van der Waals surface area contributed by atoms with Gasteiger partial charge in [-0.3, -0.25) is 4.79 Å². The van der Waals surface area contributed by atoms with E-state index in [4.69, 9.17) is 28.4 Å². The van der Waals surface area contributed by atoms with E-state index in [-0.39, 0.29) is 18.8 Å². The largest absolute Gasteiger partial charge is 0.462 e. The van der Waals surface area contributed by atoms with Crippen LogP contribution in [0.15, 0.2) is 0 Å². The second kappa shape index (κ2) is 6.16. The van der Waals surface area contributed by atoms with Crippen molar-refractivity contribution in [2.24, 2.45) is 0 Å². The van der Waals surface area contributed by atoms with Gasteiger partial charge in [0, 0.05) is 0 Å². The number of fused-ring (bicyclic) bond motifs is 3. The number of esters is 1. The standard InChI is InChI=1S/C18H23O7/c1-17(2)22-12-11(9-20-15(19)10-7-5-6-8-10)21-16-14(13(12)23-17)24-18(3,4)25-16/h5-8,11-14,16H,9H2,1-4H3/t11-,12+,13+,14-,16-/m1/s1. The van der Waals surface area contributed by atoms with Crippen LogP contribution >= 0.6 is 0 Å². The first-order valence-electron chi connectivity index (χ1n) is 8.50. The predicted octanol–water partition coefficient (Wildman–Crippen LogP) is 1.33. The van der Waals surface area contributed by atoms with Crippen molar-refractivity contribution in [2.75, 3.05) is 6.61 Å². The number of hydrogen-bond acceptors (Lipinski definition) is 7. The van der Waals surface area contributed by atoms with Gasteiger partial charge in [-0.05, 0) is 53.4 Å². The predicted molar refractivity (Wildman–Crippen MR) is 83.9 cm³/mol. The van der Waals surface area contributed by atoms with Crippen LogP contribution in [0.4, 0.5) is 0 Å². The molecule has 0 aromatic rings. The molecule has 1 aliphatic carbocycles. The first-order valence-corrected chi connectivity index (χ1v) is 8.50. The second-order valence-corrected chi connectivity index (χ2v) is 7.48. The van der Waals surface area contributed by atoms with Gasteiger partial charge in [-0.2, -0.15) is 0 Å². The maximum atomic E-state index is 12.1. The monoisotopic (exact) mass is 351 g/mol. The Labute approximate surface area is 148 Å². The molecule has 0 aromatic carbocycles. The van der Waals surface area contributed by atoms with Crippen LogP contribution in [0.25, 0.3) is 0 Å². The summed E-state index contributed by atoms with van der Waals surface area (Å²) in [6.07, 6.45) is 4.77. The van der Waals surface area contributed by atoms with E-state index in [1.54, 1.807) is 25.7 Å². The Morgan fingerprint density at radius 2 is 1.56 bits per heavy atom. The van der Waals surface area contributed by atoms with Crippen LogP contribution in [0, 0.1) is 31.6 Å². The first kappa shape index (κ1) is 17.7. The van der Waals surface area contributed by atoms with Gasteiger partial charge in [0.25, 0.3) is 0 Å². The highest BCUT2D eigenvalue weighted by Crippen LogP contribution is 2.44. The zero-order valence-electron chi connectivity index (χ0n) is 14.8. The maximum absolute atomic E-state index is 12.1. The Bertz CT molecular complexity index is 526. The van der Waals surface area contributed by atoms with E-state index in [0.29, 0.717) is 5.92 Å². The van der Waals surface area contributed by atoms with Gasteiger partial charge < -0.3 is 28.4 Å². The zero-order valence-corrected chi connectivity index (χ0v) is 14.8. The lowest BCUT2D eigenvalue weighted by Crippen LogP contribution is -2.56. The van der Waals surface area contributed by atoms with E-state index >= 15 is 0 Å². The number of ether oxygens (including phenoxy) is 6. The van der Waals surface area contributed by atoms with Crippen LogP contribution < -0.4 is 0 Å². The van der Waals surface area contributed by atoms with E-state index < -0.39 is 36.0 Å². The van der Waals surface area contributed by atoms with Crippen molar-refractivity contribution in [1.82, 2.24) is 0 Å². The highest BCUT2D eigenvalue weighted by Gasteiger charge is 2.60. The van der Waals surface area contributed by atoms with Crippen molar-refractivity contribution >= 4 is 5.97 Å². The SMILES string of the molecule is CC1(C)O[C@H]2[C@@H](O1)[C@@H](COC(=O)[C]1[CH][CH][CH][CH]1)O[C@@H]1OC(C)(C)O[C@@H]12. The molecule has 5 radical (unpaired) electrons. The van der Waals surface area contributed by atoms with Gasteiger partial charge in [-0.25, -0.2) is 0 Å². The summed E-state index contributed by atoms with van der Waals surface area (Å²) in [7, 11) is 0. The average molecular weight is 351 g/mol.